The molecule has 140 valence electrons. The van der Waals surface area contributed by atoms with Crippen LogP contribution in [-0.4, -0.2) is 24.1 Å². The van der Waals surface area contributed by atoms with E-state index in [2.05, 4.69) is 43.9 Å². The Morgan fingerprint density at radius 3 is 2.42 bits per heavy atom. The van der Waals surface area contributed by atoms with Gasteiger partial charge in [0.25, 0.3) is 0 Å². The van der Waals surface area contributed by atoms with Crippen molar-refractivity contribution in [3.05, 3.63) is 53.3 Å². The third-order valence-electron chi connectivity index (χ3n) is 5.77. The highest BCUT2D eigenvalue weighted by Crippen LogP contribution is 2.33. The maximum atomic E-state index is 14.6. The number of hydrogen-bond acceptors (Lipinski definition) is 2. The van der Waals surface area contributed by atoms with Gasteiger partial charge >= 0.3 is 0 Å². The van der Waals surface area contributed by atoms with Gasteiger partial charge in [0.1, 0.15) is 11.6 Å². The zero-order chi connectivity index (χ0) is 18.7. The molecule has 0 aliphatic carbocycles. The van der Waals surface area contributed by atoms with Crippen LogP contribution in [0.2, 0.25) is 0 Å². The Morgan fingerprint density at radius 2 is 1.77 bits per heavy atom. The van der Waals surface area contributed by atoms with Crippen LogP contribution in [0, 0.1) is 5.82 Å². The van der Waals surface area contributed by atoms with Crippen LogP contribution >= 0.6 is 0 Å². The third kappa shape index (κ3) is 3.93. The highest BCUT2D eigenvalue weighted by atomic mass is 19.1. The number of piperidine rings is 1. The van der Waals surface area contributed by atoms with Crippen molar-refractivity contribution >= 4 is 0 Å². The van der Waals surface area contributed by atoms with Gasteiger partial charge in [-0.15, -0.1) is 0 Å². The van der Waals surface area contributed by atoms with Crippen LogP contribution in [0.3, 0.4) is 0 Å². The summed E-state index contributed by atoms with van der Waals surface area (Å²) in [6.45, 7) is 7.65. The molecule has 2 atom stereocenters. The maximum Gasteiger partial charge on any atom is 0.131 e. The van der Waals surface area contributed by atoms with Gasteiger partial charge in [-0.25, -0.2) is 4.39 Å². The Balaban J connectivity index is 2.03. The van der Waals surface area contributed by atoms with Gasteiger partial charge in [0.05, 0.1) is 7.11 Å². The van der Waals surface area contributed by atoms with Crippen molar-refractivity contribution in [2.45, 2.75) is 65.1 Å². The standard InChI is InChI=1S/C23H30FNO/c1-5-18-9-11-21(22-14-20(26-4)10-12-23(22)24)19(13-18)15-25-16(2)7-6-8-17(25)3/h9-14,16-17H,5-8,15H2,1-4H3/t16-,17-/m1/s1. The van der Waals surface area contributed by atoms with E-state index in [9.17, 15) is 4.39 Å². The molecular formula is C23H30FNO. The molecule has 0 aromatic heterocycles. The highest BCUT2D eigenvalue weighted by Gasteiger charge is 2.25. The number of nitrogens with zero attached hydrogens (tertiary/aromatic N) is 1. The van der Waals surface area contributed by atoms with E-state index >= 15 is 0 Å². The summed E-state index contributed by atoms with van der Waals surface area (Å²) < 4.78 is 19.9. The minimum atomic E-state index is -0.198. The SMILES string of the molecule is CCc1ccc(-c2cc(OC)ccc2F)c(CN2[C@H](C)CCC[C@H]2C)c1. The smallest absolute Gasteiger partial charge is 0.131 e. The van der Waals surface area contributed by atoms with E-state index in [0.717, 1.165) is 18.5 Å². The van der Waals surface area contributed by atoms with Gasteiger partial charge in [-0.2, -0.15) is 0 Å². The van der Waals surface area contributed by atoms with Crippen molar-refractivity contribution in [2.24, 2.45) is 0 Å². The number of ether oxygens (including phenoxy) is 1. The van der Waals surface area contributed by atoms with E-state index in [0.29, 0.717) is 23.4 Å². The maximum absolute atomic E-state index is 14.6. The predicted molar refractivity (Wildman–Crippen MR) is 106 cm³/mol. The summed E-state index contributed by atoms with van der Waals surface area (Å²) in [5.41, 5.74) is 4.10. The molecule has 0 amide bonds. The molecular weight excluding hydrogens is 325 g/mol. The molecule has 0 unspecified atom stereocenters. The number of rotatable bonds is 5. The Morgan fingerprint density at radius 1 is 1.04 bits per heavy atom. The van der Waals surface area contributed by atoms with Crippen LogP contribution in [0.25, 0.3) is 11.1 Å². The zero-order valence-corrected chi connectivity index (χ0v) is 16.4. The van der Waals surface area contributed by atoms with Crippen LogP contribution < -0.4 is 4.74 Å². The number of halogens is 1. The zero-order valence-electron chi connectivity index (χ0n) is 16.4. The van der Waals surface area contributed by atoms with Crippen molar-refractivity contribution in [3.63, 3.8) is 0 Å². The lowest BCUT2D eigenvalue weighted by molar-refractivity contribution is 0.0954. The molecule has 0 bridgehead atoms. The van der Waals surface area contributed by atoms with Crippen LogP contribution in [0.4, 0.5) is 4.39 Å². The second-order valence-electron chi connectivity index (χ2n) is 7.49. The number of benzene rings is 2. The number of aryl methyl sites for hydroxylation is 1. The van der Waals surface area contributed by atoms with Gasteiger partial charge in [0.15, 0.2) is 0 Å². The summed E-state index contributed by atoms with van der Waals surface area (Å²) in [7, 11) is 1.62. The first-order valence-electron chi connectivity index (χ1n) is 9.75. The minimum Gasteiger partial charge on any atom is -0.497 e. The summed E-state index contributed by atoms with van der Waals surface area (Å²) in [5, 5.41) is 0. The number of likely N-dealkylation sites (tertiary alicyclic amines) is 1. The third-order valence-corrected chi connectivity index (χ3v) is 5.77. The molecule has 1 saturated heterocycles. The lowest BCUT2D eigenvalue weighted by atomic mass is 9.92. The fourth-order valence-corrected chi connectivity index (χ4v) is 4.08. The first-order valence-corrected chi connectivity index (χ1v) is 9.75. The van der Waals surface area contributed by atoms with Crippen molar-refractivity contribution in [3.8, 4) is 16.9 Å². The van der Waals surface area contributed by atoms with Crippen molar-refractivity contribution in [1.29, 1.82) is 0 Å². The Bertz CT molecular complexity index is 748. The normalized spacial score (nSPS) is 21.0. The fraction of sp³-hybridized carbons (Fsp3) is 0.478. The van der Waals surface area contributed by atoms with Crippen molar-refractivity contribution < 1.29 is 9.13 Å². The molecule has 2 aromatic rings. The van der Waals surface area contributed by atoms with Gasteiger partial charge in [-0.3, -0.25) is 4.90 Å². The number of hydrogen-bond donors (Lipinski definition) is 0. The highest BCUT2D eigenvalue weighted by molar-refractivity contribution is 5.70. The molecule has 2 aromatic carbocycles. The predicted octanol–water partition coefficient (Wildman–Crippen LogP) is 5.83. The molecule has 3 heteroatoms. The van der Waals surface area contributed by atoms with Crippen LogP contribution in [0.5, 0.6) is 5.75 Å². The topological polar surface area (TPSA) is 12.5 Å². The van der Waals surface area contributed by atoms with Crippen molar-refractivity contribution in [1.82, 2.24) is 4.90 Å². The van der Waals surface area contributed by atoms with E-state index in [-0.39, 0.29) is 5.82 Å². The summed E-state index contributed by atoms with van der Waals surface area (Å²) in [5.74, 6) is 0.489. The van der Waals surface area contributed by atoms with Gasteiger partial charge in [-0.1, -0.05) is 31.5 Å². The van der Waals surface area contributed by atoms with E-state index in [1.54, 1.807) is 13.2 Å². The first-order chi connectivity index (χ1) is 12.5. The molecule has 0 spiro atoms. The molecule has 1 heterocycles. The summed E-state index contributed by atoms with van der Waals surface area (Å²) >= 11 is 0. The lowest BCUT2D eigenvalue weighted by Crippen LogP contribution is -2.43. The molecule has 2 nitrogen and oxygen atoms in total. The lowest BCUT2D eigenvalue weighted by Gasteiger charge is -2.39. The second-order valence-corrected chi connectivity index (χ2v) is 7.49. The van der Waals surface area contributed by atoms with E-state index in [4.69, 9.17) is 4.74 Å². The Kier molecular flexibility index (Phi) is 5.98. The second kappa shape index (κ2) is 8.22. The molecule has 3 rings (SSSR count). The van der Waals surface area contributed by atoms with Gasteiger partial charge < -0.3 is 4.74 Å². The van der Waals surface area contributed by atoms with Crippen LogP contribution in [0.1, 0.15) is 51.2 Å². The Hall–Kier alpha value is -1.87. The average molecular weight is 355 g/mol. The van der Waals surface area contributed by atoms with Gasteiger partial charge in [0.2, 0.25) is 0 Å². The van der Waals surface area contributed by atoms with Crippen LogP contribution in [0.15, 0.2) is 36.4 Å². The molecule has 0 N–H and O–H groups in total. The monoisotopic (exact) mass is 355 g/mol. The minimum absolute atomic E-state index is 0.198. The first kappa shape index (κ1) is 18.9. The summed E-state index contributed by atoms with van der Waals surface area (Å²) in [6.07, 6.45) is 4.76. The summed E-state index contributed by atoms with van der Waals surface area (Å²) in [4.78, 5) is 2.57. The molecule has 1 fully saturated rings. The molecule has 0 radical (unpaired) electrons. The van der Waals surface area contributed by atoms with Gasteiger partial charge in [0, 0.05) is 24.2 Å². The van der Waals surface area contributed by atoms with Crippen molar-refractivity contribution in [2.75, 3.05) is 7.11 Å². The average Bonchev–Trinajstić information content (AvgIpc) is 2.65. The van der Waals surface area contributed by atoms with Gasteiger partial charge in [-0.05, 0) is 68.0 Å². The summed E-state index contributed by atoms with van der Waals surface area (Å²) in [6, 6.07) is 12.5. The molecule has 26 heavy (non-hydrogen) atoms. The fourth-order valence-electron chi connectivity index (χ4n) is 4.08. The van der Waals surface area contributed by atoms with E-state index in [1.165, 1.54) is 36.5 Å². The quantitative estimate of drug-likeness (QED) is 0.669. The molecule has 0 saturated carbocycles. The van der Waals surface area contributed by atoms with E-state index < -0.39 is 0 Å². The molecule has 1 aliphatic rings. The largest absolute Gasteiger partial charge is 0.497 e. The van der Waals surface area contributed by atoms with Crippen LogP contribution in [-0.2, 0) is 13.0 Å². The molecule has 1 aliphatic heterocycles. The Labute approximate surface area is 157 Å². The number of methoxy groups -OCH3 is 1. The van der Waals surface area contributed by atoms with E-state index in [1.807, 2.05) is 6.07 Å².